The predicted molar refractivity (Wildman–Crippen MR) is 83.6 cm³/mol. The summed E-state index contributed by atoms with van der Waals surface area (Å²) in [4.78, 5) is 1.04. The van der Waals surface area contributed by atoms with Crippen LogP contribution in [-0.2, 0) is 0 Å². The van der Waals surface area contributed by atoms with Gasteiger partial charge in [-0.15, -0.1) is 11.3 Å². The van der Waals surface area contributed by atoms with Gasteiger partial charge in [0.2, 0.25) is 0 Å². The van der Waals surface area contributed by atoms with Crippen LogP contribution in [0.2, 0.25) is 5.02 Å². The molecule has 0 aliphatic carbocycles. The number of halogens is 3. The molecule has 0 aliphatic heterocycles. The summed E-state index contributed by atoms with van der Waals surface area (Å²) in [5.74, 6) is -0.276. The van der Waals surface area contributed by atoms with Crippen LogP contribution in [-0.4, -0.2) is 6.54 Å². The molecule has 19 heavy (non-hydrogen) atoms. The molecule has 2 aromatic rings. The lowest BCUT2D eigenvalue weighted by atomic mass is 10.0. The summed E-state index contributed by atoms with van der Waals surface area (Å²) in [6.07, 6.45) is 0.978. The SMILES string of the molecule is CCCNC(c1sccc1Br)c1c(F)cccc1Cl. The van der Waals surface area contributed by atoms with E-state index in [1.807, 2.05) is 11.4 Å². The number of hydrogen-bond donors (Lipinski definition) is 1. The number of hydrogen-bond acceptors (Lipinski definition) is 2. The Kier molecular flexibility index (Phi) is 5.39. The van der Waals surface area contributed by atoms with E-state index in [1.54, 1.807) is 23.5 Å². The van der Waals surface area contributed by atoms with Crippen molar-refractivity contribution in [1.82, 2.24) is 5.32 Å². The average molecular weight is 363 g/mol. The fraction of sp³-hybridized carbons (Fsp3) is 0.286. The fourth-order valence-corrected chi connectivity index (χ4v) is 3.87. The first-order chi connectivity index (χ1) is 9.15. The number of rotatable bonds is 5. The molecule has 0 amide bonds. The van der Waals surface area contributed by atoms with Crippen molar-refractivity contribution in [1.29, 1.82) is 0 Å². The standard InChI is InChI=1S/C14H14BrClFNS/c1-2-7-18-13(14-9(15)6-8-19-14)12-10(16)4-3-5-11(12)17/h3-6,8,13,18H,2,7H2,1H3. The third kappa shape index (κ3) is 3.37. The first kappa shape index (κ1) is 15.0. The monoisotopic (exact) mass is 361 g/mol. The minimum absolute atomic E-state index is 0.219. The van der Waals surface area contributed by atoms with E-state index in [1.165, 1.54) is 6.07 Å². The zero-order chi connectivity index (χ0) is 13.8. The molecule has 1 aromatic heterocycles. The molecule has 1 heterocycles. The van der Waals surface area contributed by atoms with Crippen molar-refractivity contribution in [2.75, 3.05) is 6.54 Å². The minimum atomic E-state index is -0.276. The molecule has 1 nitrogen and oxygen atoms in total. The highest BCUT2D eigenvalue weighted by molar-refractivity contribution is 9.10. The van der Waals surface area contributed by atoms with Gasteiger partial charge in [0.15, 0.2) is 0 Å². The van der Waals surface area contributed by atoms with Crippen molar-refractivity contribution in [3.05, 3.63) is 55.4 Å². The molecule has 5 heteroatoms. The van der Waals surface area contributed by atoms with Gasteiger partial charge >= 0.3 is 0 Å². The largest absolute Gasteiger partial charge is 0.305 e. The molecule has 0 radical (unpaired) electrons. The van der Waals surface area contributed by atoms with Gasteiger partial charge < -0.3 is 5.32 Å². The van der Waals surface area contributed by atoms with E-state index < -0.39 is 0 Å². The summed E-state index contributed by atoms with van der Waals surface area (Å²) in [6.45, 7) is 2.89. The first-order valence-electron chi connectivity index (χ1n) is 6.05. The maximum absolute atomic E-state index is 14.1. The summed E-state index contributed by atoms with van der Waals surface area (Å²) in [5.41, 5.74) is 0.515. The van der Waals surface area contributed by atoms with Gasteiger partial charge in [-0.05, 0) is 52.5 Å². The number of nitrogens with one attached hydrogen (secondary N) is 1. The Morgan fingerprint density at radius 1 is 1.42 bits per heavy atom. The maximum atomic E-state index is 14.1. The number of benzene rings is 1. The molecule has 1 unspecified atom stereocenters. The second kappa shape index (κ2) is 6.84. The molecule has 0 saturated carbocycles. The van der Waals surface area contributed by atoms with Crippen LogP contribution in [0.4, 0.5) is 4.39 Å². The average Bonchev–Trinajstić information content (AvgIpc) is 2.79. The van der Waals surface area contributed by atoms with Crippen LogP contribution in [0.15, 0.2) is 34.1 Å². The van der Waals surface area contributed by atoms with Gasteiger partial charge in [0.25, 0.3) is 0 Å². The van der Waals surface area contributed by atoms with Gasteiger partial charge in [-0.2, -0.15) is 0 Å². The Balaban J connectivity index is 2.46. The van der Waals surface area contributed by atoms with Gasteiger partial charge in [0.05, 0.1) is 6.04 Å². The second-order valence-electron chi connectivity index (χ2n) is 4.16. The fourth-order valence-electron chi connectivity index (χ4n) is 1.91. The van der Waals surface area contributed by atoms with E-state index in [9.17, 15) is 4.39 Å². The topological polar surface area (TPSA) is 12.0 Å². The van der Waals surface area contributed by atoms with Crippen LogP contribution < -0.4 is 5.32 Å². The van der Waals surface area contributed by atoms with Crippen molar-refractivity contribution >= 4 is 38.9 Å². The lowest BCUT2D eigenvalue weighted by molar-refractivity contribution is 0.550. The van der Waals surface area contributed by atoms with Crippen LogP contribution in [0.5, 0.6) is 0 Å². The molecule has 0 spiro atoms. The first-order valence-corrected chi connectivity index (χ1v) is 8.10. The summed E-state index contributed by atoms with van der Waals surface area (Å²) in [5, 5.41) is 5.80. The Bertz CT molecular complexity index is 538. The number of thiophene rings is 1. The lowest BCUT2D eigenvalue weighted by Gasteiger charge is -2.20. The maximum Gasteiger partial charge on any atom is 0.129 e. The quantitative estimate of drug-likeness (QED) is 0.751. The van der Waals surface area contributed by atoms with Crippen molar-refractivity contribution < 1.29 is 4.39 Å². The van der Waals surface area contributed by atoms with Crippen molar-refractivity contribution in [2.45, 2.75) is 19.4 Å². The van der Waals surface area contributed by atoms with Gasteiger partial charge in [-0.25, -0.2) is 4.39 Å². The van der Waals surface area contributed by atoms with E-state index in [-0.39, 0.29) is 11.9 Å². The Labute approximate surface area is 129 Å². The molecule has 0 fully saturated rings. The Hall–Kier alpha value is -0.420. The van der Waals surface area contributed by atoms with Gasteiger partial charge in [-0.1, -0.05) is 24.6 Å². The Morgan fingerprint density at radius 3 is 2.79 bits per heavy atom. The highest BCUT2D eigenvalue weighted by atomic mass is 79.9. The zero-order valence-electron chi connectivity index (χ0n) is 10.4. The summed E-state index contributed by atoms with van der Waals surface area (Å²) in [7, 11) is 0. The molecule has 1 N–H and O–H groups in total. The molecule has 1 atom stereocenters. The van der Waals surface area contributed by atoms with Gasteiger partial charge in [-0.3, -0.25) is 0 Å². The van der Waals surface area contributed by atoms with E-state index in [0.717, 1.165) is 22.3 Å². The molecule has 0 aliphatic rings. The van der Waals surface area contributed by atoms with Crippen molar-refractivity contribution in [3.8, 4) is 0 Å². The van der Waals surface area contributed by atoms with Crippen LogP contribution >= 0.6 is 38.9 Å². The molecule has 0 saturated heterocycles. The predicted octanol–water partition coefficient (Wildman–Crippen LogP) is 5.39. The molecule has 102 valence electrons. The van der Waals surface area contributed by atoms with Gasteiger partial charge in [0.1, 0.15) is 5.82 Å². The summed E-state index contributed by atoms with van der Waals surface area (Å²) >= 11 is 11.3. The molecule has 0 bridgehead atoms. The molecular weight excluding hydrogens is 349 g/mol. The third-order valence-electron chi connectivity index (χ3n) is 2.79. The molecule has 2 rings (SSSR count). The van der Waals surface area contributed by atoms with Crippen LogP contribution in [0.25, 0.3) is 0 Å². The smallest absolute Gasteiger partial charge is 0.129 e. The molecule has 1 aromatic carbocycles. The van der Waals surface area contributed by atoms with E-state index in [0.29, 0.717) is 10.6 Å². The normalized spacial score (nSPS) is 12.6. The van der Waals surface area contributed by atoms with Crippen LogP contribution in [0.3, 0.4) is 0 Å². The Morgan fingerprint density at radius 2 is 2.21 bits per heavy atom. The second-order valence-corrected chi connectivity index (χ2v) is 6.36. The lowest BCUT2D eigenvalue weighted by Crippen LogP contribution is -2.24. The highest BCUT2D eigenvalue weighted by Crippen LogP contribution is 2.37. The van der Waals surface area contributed by atoms with Crippen molar-refractivity contribution in [2.24, 2.45) is 0 Å². The van der Waals surface area contributed by atoms with Crippen molar-refractivity contribution in [3.63, 3.8) is 0 Å². The summed E-state index contributed by atoms with van der Waals surface area (Å²) < 4.78 is 15.1. The third-order valence-corrected chi connectivity index (χ3v) is 5.06. The highest BCUT2D eigenvalue weighted by Gasteiger charge is 2.23. The van der Waals surface area contributed by atoms with Crippen LogP contribution in [0, 0.1) is 5.82 Å². The van der Waals surface area contributed by atoms with E-state index >= 15 is 0 Å². The van der Waals surface area contributed by atoms with E-state index in [4.69, 9.17) is 11.6 Å². The zero-order valence-corrected chi connectivity index (χ0v) is 13.6. The van der Waals surface area contributed by atoms with E-state index in [2.05, 4.69) is 28.2 Å². The van der Waals surface area contributed by atoms with Crippen LogP contribution in [0.1, 0.15) is 29.8 Å². The minimum Gasteiger partial charge on any atom is -0.305 e. The summed E-state index contributed by atoms with van der Waals surface area (Å²) in [6, 6.07) is 6.55. The van der Waals surface area contributed by atoms with Gasteiger partial charge in [0, 0.05) is 19.9 Å². The molecular formula is C14H14BrClFNS.